The van der Waals surface area contributed by atoms with Crippen molar-refractivity contribution in [1.29, 1.82) is 0 Å². The highest BCUT2D eigenvalue weighted by Gasteiger charge is 2.57. The Kier molecular flexibility index (Phi) is 7.77. The highest BCUT2D eigenvalue weighted by molar-refractivity contribution is 5.39. The number of ether oxygens (including phenoxy) is 1. The predicted molar refractivity (Wildman–Crippen MR) is 116 cm³/mol. The van der Waals surface area contributed by atoms with E-state index < -0.39 is 29.4 Å². The topological polar surface area (TPSA) is 44.7 Å². The molecule has 4 nitrogen and oxygen atoms in total. The summed E-state index contributed by atoms with van der Waals surface area (Å²) in [6, 6.07) is 3.75. The quantitative estimate of drug-likeness (QED) is 0.575. The fourth-order valence-electron chi connectivity index (χ4n) is 5.57. The molecular weight excluding hydrogens is 424 g/mol. The fourth-order valence-corrected chi connectivity index (χ4v) is 5.57. The molecule has 0 radical (unpaired) electrons. The van der Waals surface area contributed by atoms with Crippen molar-refractivity contribution in [3.8, 4) is 5.75 Å². The number of likely N-dealkylation sites (tertiary alicyclic amines) is 1. The summed E-state index contributed by atoms with van der Waals surface area (Å²) in [4.78, 5) is 2.21. The number of rotatable bonds is 7. The van der Waals surface area contributed by atoms with Crippen molar-refractivity contribution < 1.29 is 27.4 Å². The van der Waals surface area contributed by atoms with Gasteiger partial charge in [-0.2, -0.15) is 13.2 Å². The van der Waals surface area contributed by atoms with Crippen LogP contribution in [0.1, 0.15) is 64.4 Å². The van der Waals surface area contributed by atoms with Crippen LogP contribution in [0, 0.1) is 5.82 Å². The zero-order chi connectivity index (χ0) is 23.6. The van der Waals surface area contributed by atoms with Crippen molar-refractivity contribution >= 4 is 0 Å². The fraction of sp³-hybridized carbons (Fsp3) is 0.750. The minimum Gasteiger partial charge on any atom is -0.496 e. The largest absolute Gasteiger partial charge is 0.496 e. The summed E-state index contributed by atoms with van der Waals surface area (Å²) in [7, 11) is 1.40. The van der Waals surface area contributed by atoms with Gasteiger partial charge >= 0.3 is 6.18 Å². The highest BCUT2D eigenvalue weighted by atomic mass is 19.4. The first-order chi connectivity index (χ1) is 15.0. The van der Waals surface area contributed by atoms with Crippen molar-refractivity contribution in [2.75, 3.05) is 26.7 Å². The molecule has 182 valence electrons. The van der Waals surface area contributed by atoms with Crippen LogP contribution in [0.4, 0.5) is 17.6 Å². The van der Waals surface area contributed by atoms with Crippen molar-refractivity contribution in [3.05, 3.63) is 29.6 Å². The van der Waals surface area contributed by atoms with E-state index in [2.05, 4.69) is 10.2 Å². The number of aliphatic hydroxyl groups is 1. The molecule has 0 aromatic heterocycles. The van der Waals surface area contributed by atoms with Crippen molar-refractivity contribution in [3.63, 3.8) is 0 Å². The lowest BCUT2D eigenvalue weighted by Gasteiger charge is -2.47. The van der Waals surface area contributed by atoms with Crippen molar-refractivity contribution in [2.24, 2.45) is 0 Å². The lowest BCUT2D eigenvalue weighted by molar-refractivity contribution is -0.274. The van der Waals surface area contributed by atoms with Crippen LogP contribution in [0.5, 0.6) is 5.75 Å². The highest BCUT2D eigenvalue weighted by Crippen LogP contribution is 2.47. The number of nitrogens with one attached hydrogen (secondary N) is 1. The molecule has 0 aliphatic carbocycles. The molecule has 2 unspecified atom stereocenters. The monoisotopic (exact) mass is 460 g/mol. The first kappa shape index (κ1) is 25.2. The minimum atomic E-state index is -4.80. The van der Waals surface area contributed by atoms with Crippen LogP contribution in [0.3, 0.4) is 0 Å². The molecule has 32 heavy (non-hydrogen) atoms. The molecule has 2 N–H and O–H groups in total. The molecular formula is C24H36F4N2O2. The Morgan fingerprint density at radius 3 is 2.44 bits per heavy atom. The number of piperidine rings is 2. The van der Waals surface area contributed by atoms with Crippen molar-refractivity contribution in [1.82, 2.24) is 10.2 Å². The van der Waals surface area contributed by atoms with Gasteiger partial charge in [0.1, 0.15) is 11.6 Å². The second kappa shape index (κ2) is 9.85. The Labute approximate surface area is 188 Å². The lowest BCUT2D eigenvalue weighted by atomic mass is 9.72. The number of benzene rings is 1. The van der Waals surface area contributed by atoms with E-state index in [1.165, 1.54) is 25.3 Å². The second-order valence-corrected chi connectivity index (χ2v) is 10.0. The minimum absolute atomic E-state index is 0.246. The molecule has 0 spiro atoms. The van der Waals surface area contributed by atoms with Gasteiger partial charge in [-0.15, -0.1) is 0 Å². The summed E-state index contributed by atoms with van der Waals surface area (Å²) >= 11 is 0. The first-order valence-electron chi connectivity index (χ1n) is 11.6. The molecule has 2 aliphatic heterocycles. The molecule has 3 rings (SSSR count). The first-order valence-corrected chi connectivity index (χ1v) is 11.6. The number of methoxy groups -OCH3 is 1. The average molecular weight is 461 g/mol. The van der Waals surface area contributed by atoms with E-state index in [0.29, 0.717) is 17.7 Å². The van der Waals surface area contributed by atoms with E-state index in [9.17, 15) is 22.7 Å². The maximum atomic E-state index is 14.4. The third kappa shape index (κ3) is 5.57. The molecule has 8 heteroatoms. The molecule has 0 bridgehead atoms. The molecule has 2 aliphatic rings. The van der Waals surface area contributed by atoms with Crippen LogP contribution in [0.15, 0.2) is 18.2 Å². The molecule has 2 heterocycles. The van der Waals surface area contributed by atoms with Gasteiger partial charge in [-0.1, -0.05) is 20.3 Å². The number of hydrogen-bond donors (Lipinski definition) is 2. The summed E-state index contributed by atoms with van der Waals surface area (Å²) in [6.45, 7) is 5.71. The molecule has 2 fully saturated rings. The van der Waals surface area contributed by atoms with Gasteiger partial charge in [0.05, 0.1) is 7.11 Å². The molecule has 0 amide bonds. The SMILES string of the molecule is COc1ccc(F)cc1C(C)(C)CC(O)(CC1CCCCN1C1CCNCC1)C(F)(F)F. The summed E-state index contributed by atoms with van der Waals surface area (Å²) in [5, 5.41) is 14.5. The Morgan fingerprint density at radius 2 is 1.81 bits per heavy atom. The molecule has 2 atom stereocenters. The maximum absolute atomic E-state index is 14.4. The van der Waals surface area contributed by atoms with Crippen LogP contribution in [0.2, 0.25) is 0 Å². The maximum Gasteiger partial charge on any atom is 0.417 e. The summed E-state index contributed by atoms with van der Waals surface area (Å²) in [6.07, 6.45) is -1.45. The number of hydrogen-bond acceptors (Lipinski definition) is 4. The van der Waals surface area contributed by atoms with Gasteiger partial charge in [-0.05, 0) is 75.4 Å². The standard InChI is InChI=1S/C24H36F4N2O2/c1-22(2,20-14-17(25)7-8-21(20)32-3)16-23(31,24(26,27)28)15-19-6-4-5-13-30(19)18-9-11-29-12-10-18/h7-8,14,18-19,29,31H,4-6,9-13,15-16H2,1-3H3. The van der Waals surface area contributed by atoms with Gasteiger partial charge in [-0.3, -0.25) is 4.90 Å². The molecule has 1 aromatic carbocycles. The van der Waals surface area contributed by atoms with Gasteiger partial charge < -0.3 is 15.2 Å². The van der Waals surface area contributed by atoms with Crippen molar-refractivity contribution in [2.45, 2.75) is 88.1 Å². The van der Waals surface area contributed by atoms with Crippen LogP contribution in [0.25, 0.3) is 0 Å². The van der Waals surface area contributed by atoms with Crippen LogP contribution < -0.4 is 10.1 Å². The summed E-state index contributed by atoms with van der Waals surface area (Å²) in [5.41, 5.74) is -3.73. The Balaban J connectivity index is 1.88. The summed E-state index contributed by atoms with van der Waals surface area (Å²) in [5.74, 6) is -0.233. The van der Waals surface area contributed by atoms with Gasteiger partial charge in [0.15, 0.2) is 5.60 Å². The Hall–Kier alpha value is -1.38. The van der Waals surface area contributed by atoms with E-state index in [1.807, 2.05) is 0 Å². The van der Waals surface area contributed by atoms with Crippen LogP contribution in [-0.2, 0) is 5.41 Å². The second-order valence-electron chi connectivity index (χ2n) is 10.0. The third-order valence-electron chi connectivity index (χ3n) is 7.18. The number of nitrogens with zero attached hydrogens (tertiary/aromatic N) is 1. The molecule has 1 aromatic rings. The van der Waals surface area contributed by atoms with E-state index >= 15 is 0 Å². The third-order valence-corrected chi connectivity index (χ3v) is 7.18. The van der Waals surface area contributed by atoms with Gasteiger partial charge in [0.2, 0.25) is 0 Å². The normalized spacial score (nSPS) is 23.7. The zero-order valence-corrected chi connectivity index (χ0v) is 19.3. The van der Waals surface area contributed by atoms with E-state index in [4.69, 9.17) is 4.74 Å². The number of halogens is 4. The van der Waals surface area contributed by atoms with Gasteiger partial charge in [0, 0.05) is 24.1 Å². The molecule has 0 saturated carbocycles. The smallest absolute Gasteiger partial charge is 0.417 e. The van der Waals surface area contributed by atoms with E-state index in [-0.39, 0.29) is 18.5 Å². The van der Waals surface area contributed by atoms with E-state index in [1.54, 1.807) is 13.8 Å². The number of alkyl halides is 3. The van der Waals surface area contributed by atoms with E-state index in [0.717, 1.165) is 45.3 Å². The predicted octanol–water partition coefficient (Wildman–Crippen LogP) is 4.79. The molecule has 2 saturated heterocycles. The Morgan fingerprint density at radius 1 is 1.12 bits per heavy atom. The summed E-state index contributed by atoms with van der Waals surface area (Å²) < 4.78 is 62.3. The zero-order valence-electron chi connectivity index (χ0n) is 19.3. The van der Waals surface area contributed by atoms with Crippen LogP contribution in [-0.4, -0.2) is 60.6 Å². The average Bonchev–Trinajstić information content (AvgIpc) is 2.73. The van der Waals surface area contributed by atoms with Gasteiger partial charge in [0.25, 0.3) is 0 Å². The van der Waals surface area contributed by atoms with Crippen LogP contribution >= 0.6 is 0 Å². The Bertz CT molecular complexity index is 765. The van der Waals surface area contributed by atoms with Gasteiger partial charge in [-0.25, -0.2) is 4.39 Å². The lowest BCUT2D eigenvalue weighted by Crippen LogP contribution is -2.57.